The Kier molecular flexibility index (Phi) is 5.37. The molecule has 2 heterocycles. The predicted octanol–water partition coefficient (Wildman–Crippen LogP) is 1.87. The van der Waals surface area contributed by atoms with E-state index in [0.29, 0.717) is 31.1 Å². The van der Waals surface area contributed by atoms with Crippen LogP contribution in [0.4, 0.5) is 4.39 Å². The zero-order chi connectivity index (χ0) is 18.0. The van der Waals surface area contributed by atoms with E-state index in [-0.39, 0.29) is 29.6 Å². The Hall–Kier alpha value is -1.95. The zero-order valence-electron chi connectivity index (χ0n) is 14.7. The second-order valence-electron chi connectivity index (χ2n) is 7.27. The van der Waals surface area contributed by atoms with Gasteiger partial charge in [-0.3, -0.25) is 9.59 Å². The lowest BCUT2D eigenvalue weighted by atomic mass is 9.95. The van der Waals surface area contributed by atoms with Crippen LogP contribution in [0.5, 0.6) is 0 Å². The summed E-state index contributed by atoms with van der Waals surface area (Å²) in [7, 11) is 0. The van der Waals surface area contributed by atoms with Crippen molar-refractivity contribution < 1.29 is 14.0 Å². The van der Waals surface area contributed by atoms with E-state index in [2.05, 4.69) is 6.92 Å². The van der Waals surface area contributed by atoms with Gasteiger partial charge in [0.05, 0.1) is 5.92 Å². The first-order chi connectivity index (χ1) is 12.0. The lowest BCUT2D eigenvalue weighted by Crippen LogP contribution is -2.47. The van der Waals surface area contributed by atoms with E-state index < -0.39 is 0 Å². The van der Waals surface area contributed by atoms with Crippen molar-refractivity contribution in [1.82, 2.24) is 9.80 Å². The van der Waals surface area contributed by atoms with Gasteiger partial charge in [0, 0.05) is 31.2 Å². The topological polar surface area (TPSA) is 66.6 Å². The standard InChI is InChI=1S/C19H26FN3O2/c1-13-9-14(10-21)11-23(13)19(25)16-3-2-8-22(12-16)18(24)15-4-6-17(20)7-5-15/h4-7,13-14,16H,2-3,8-12,21H2,1H3. The van der Waals surface area contributed by atoms with Gasteiger partial charge in [0.15, 0.2) is 0 Å². The minimum Gasteiger partial charge on any atom is -0.339 e. The summed E-state index contributed by atoms with van der Waals surface area (Å²) < 4.78 is 13.0. The molecule has 0 radical (unpaired) electrons. The van der Waals surface area contributed by atoms with Crippen LogP contribution in [0.25, 0.3) is 0 Å². The van der Waals surface area contributed by atoms with Gasteiger partial charge in [-0.15, -0.1) is 0 Å². The monoisotopic (exact) mass is 347 g/mol. The third-order valence-corrected chi connectivity index (χ3v) is 5.43. The third-order valence-electron chi connectivity index (χ3n) is 5.43. The predicted molar refractivity (Wildman–Crippen MR) is 93.4 cm³/mol. The number of piperidine rings is 1. The number of benzene rings is 1. The van der Waals surface area contributed by atoms with E-state index in [0.717, 1.165) is 25.8 Å². The number of hydrogen-bond donors (Lipinski definition) is 1. The molecule has 0 aromatic heterocycles. The van der Waals surface area contributed by atoms with Crippen LogP contribution in [-0.2, 0) is 4.79 Å². The number of hydrogen-bond acceptors (Lipinski definition) is 3. The molecule has 25 heavy (non-hydrogen) atoms. The Morgan fingerprint density at radius 2 is 1.96 bits per heavy atom. The van der Waals surface area contributed by atoms with Gasteiger partial charge in [-0.2, -0.15) is 0 Å². The lowest BCUT2D eigenvalue weighted by molar-refractivity contribution is -0.137. The van der Waals surface area contributed by atoms with Crippen molar-refractivity contribution >= 4 is 11.8 Å². The fourth-order valence-corrected chi connectivity index (χ4v) is 3.99. The highest BCUT2D eigenvalue weighted by atomic mass is 19.1. The highest BCUT2D eigenvalue weighted by molar-refractivity contribution is 5.94. The summed E-state index contributed by atoms with van der Waals surface area (Å²) in [6, 6.07) is 5.79. The number of halogens is 1. The van der Waals surface area contributed by atoms with Crippen LogP contribution < -0.4 is 5.73 Å². The first-order valence-electron chi connectivity index (χ1n) is 9.05. The average molecular weight is 347 g/mol. The Labute approximate surface area is 148 Å². The molecule has 2 aliphatic rings. The summed E-state index contributed by atoms with van der Waals surface area (Å²) in [4.78, 5) is 29.2. The summed E-state index contributed by atoms with van der Waals surface area (Å²) >= 11 is 0. The second kappa shape index (κ2) is 7.52. The molecule has 2 amide bonds. The Morgan fingerprint density at radius 1 is 1.24 bits per heavy atom. The van der Waals surface area contributed by atoms with E-state index in [4.69, 9.17) is 5.73 Å². The van der Waals surface area contributed by atoms with E-state index in [9.17, 15) is 14.0 Å². The first-order valence-corrected chi connectivity index (χ1v) is 9.05. The van der Waals surface area contributed by atoms with Crippen LogP contribution in [0.3, 0.4) is 0 Å². The van der Waals surface area contributed by atoms with Gasteiger partial charge in [0.25, 0.3) is 5.91 Å². The van der Waals surface area contributed by atoms with Crippen LogP contribution in [0.15, 0.2) is 24.3 Å². The minimum absolute atomic E-state index is 0.133. The van der Waals surface area contributed by atoms with Gasteiger partial charge >= 0.3 is 0 Å². The number of amides is 2. The van der Waals surface area contributed by atoms with Gasteiger partial charge in [0.2, 0.25) is 5.91 Å². The maximum atomic E-state index is 13.0. The Bertz CT molecular complexity index is 634. The average Bonchev–Trinajstić information content (AvgIpc) is 3.02. The maximum absolute atomic E-state index is 13.0. The van der Waals surface area contributed by atoms with E-state index in [1.165, 1.54) is 24.3 Å². The van der Waals surface area contributed by atoms with Crippen molar-refractivity contribution in [2.45, 2.75) is 32.2 Å². The van der Waals surface area contributed by atoms with Crippen LogP contribution in [-0.4, -0.2) is 53.8 Å². The quantitative estimate of drug-likeness (QED) is 0.908. The first kappa shape index (κ1) is 17.9. The SMILES string of the molecule is CC1CC(CN)CN1C(=O)C1CCCN(C(=O)c2ccc(F)cc2)C1. The summed E-state index contributed by atoms with van der Waals surface area (Å²) in [5.41, 5.74) is 6.22. The maximum Gasteiger partial charge on any atom is 0.253 e. The zero-order valence-corrected chi connectivity index (χ0v) is 14.7. The van der Waals surface area contributed by atoms with Crippen LogP contribution >= 0.6 is 0 Å². The Morgan fingerprint density at radius 3 is 2.60 bits per heavy atom. The highest BCUT2D eigenvalue weighted by Gasteiger charge is 2.37. The molecule has 2 N–H and O–H groups in total. The lowest BCUT2D eigenvalue weighted by Gasteiger charge is -2.35. The number of likely N-dealkylation sites (tertiary alicyclic amines) is 2. The fourth-order valence-electron chi connectivity index (χ4n) is 3.99. The van der Waals surface area contributed by atoms with Crippen molar-refractivity contribution in [3.8, 4) is 0 Å². The van der Waals surface area contributed by atoms with E-state index in [1.54, 1.807) is 4.90 Å². The molecule has 3 atom stereocenters. The minimum atomic E-state index is -0.360. The molecule has 2 saturated heterocycles. The molecule has 0 spiro atoms. The molecule has 0 bridgehead atoms. The molecule has 5 nitrogen and oxygen atoms in total. The van der Waals surface area contributed by atoms with Crippen LogP contribution in [0.2, 0.25) is 0 Å². The molecule has 3 rings (SSSR count). The summed E-state index contributed by atoms with van der Waals surface area (Å²) in [6.07, 6.45) is 2.57. The van der Waals surface area contributed by atoms with Gasteiger partial charge in [-0.05, 0) is 62.9 Å². The number of rotatable bonds is 3. The summed E-state index contributed by atoms with van der Waals surface area (Å²) in [5, 5.41) is 0. The van der Waals surface area contributed by atoms with E-state index in [1.807, 2.05) is 4.90 Å². The summed E-state index contributed by atoms with van der Waals surface area (Å²) in [5.74, 6) is -0.135. The smallest absolute Gasteiger partial charge is 0.253 e. The van der Waals surface area contributed by atoms with Crippen LogP contribution in [0.1, 0.15) is 36.5 Å². The van der Waals surface area contributed by atoms with Gasteiger partial charge in [-0.1, -0.05) is 0 Å². The second-order valence-corrected chi connectivity index (χ2v) is 7.27. The van der Waals surface area contributed by atoms with Gasteiger partial charge in [-0.25, -0.2) is 4.39 Å². The third kappa shape index (κ3) is 3.84. The fraction of sp³-hybridized carbons (Fsp3) is 0.579. The Balaban J connectivity index is 1.65. The molecule has 136 valence electrons. The molecule has 1 aromatic rings. The molecule has 1 aromatic carbocycles. The van der Waals surface area contributed by atoms with Crippen molar-refractivity contribution in [2.24, 2.45) is 17.6 Å². The number of carbonyl (C=O) groups is 2. The number of nitrogens with two attached hydrogens (primary N) is 1. The van der Waals surface area contributed by atoms with Crippen molar-refractivity contribution in [1.29, 1.82) is 0 Å². The normalized spacial score (nSPS) is 26.8. The number of carbonyl (C=O) groups excluding carboxylic acids is 2. The van der Waals surface area contributed by atoms with Gasteiger partial charge in [0.1, 0.15) is 5.82 Å². The largest absolute Gasteiger partial charge is 0.339 e. The molecule has 3 unspecified atom stereocenters. The molecule has 2 fully saturated rings. The van der Waals surface area contributed by atoms with Crippen molar-refractivity contribution in [3.63, 3.8) is 0 Å². The highest BCUT2D eigenvalue weighted by Crippen LogP contribution is 2.27. The molecule has 0 aliphatic carbocycles. The number of nitrogens with zero attached hydrogens (tertiary/aromatic N) is 2. The molecular formula is C19H26FN3O2. The molecule has 2 aliphatic heterocycles. The van der Waals surface area contributed by atoms with E-state index >= 15 is 0 Å². The van der Waals surface area contributed by atoms with Gasteiger partial charge < -0.3 is 15.5 Å². The van der Waals surface area contributed by atoms with Crippen molar-refractivity contribution in [3.05, 3.63) is 35.6 Å². The molecule has 6 heteroatoms. The summed E-state index contributed by atoms with van der Waals surface area (Å²) in [6.45, 7) is 4.47. The van der Waals surface area contributed by atoms with Crippen LogP contribution in [0, 0.1) is 17.7 Å². The van der Waals surface area contributed by atoms with Crippen molar-refractivity contribution in [2.75, 3.05) is 26.2 Å². The molecule has 0 saturated carbocycles. The molecular weight excluding hydrogens is 321 g/mol.